The Morgan fingerprint density at radius 1 is 1.12 bits per heavy atom. The van der Waals surface area contributed by atoms with E-state index in [0.717, 1.165) is 41.5 Å². The van der Waals surface area contributed by atoms with Crippen molar-refractivity contribution < 1.29 is 4.79 Å². The van der Waals surface area contributed by atoms with Crippen molar-refractivity contribution in [2.75, 3.05) is 18.4 Å². The van der Waals surface area contributed by atoms with Crippen LogP contribution in [0.2, 0.25) is 0 Å². The van der Waals surface area contributed by atoms with Crippen molar-refractivity contribution in [1.29, 1.82) is 0 Å². The van der Waals surface area contributed by atoms with Gasteiger partial charge in [0.15, 0.2) is 0 Å². The maximum atomic E-state index is 13.1. The van der Waals surface area contributed by atoms with E-state index in [1.54, 1.807) is 11.3 Å². The number of carbonyl (C=O) groups is 1. The van der Waals surface area contributed by atoms with Gasteiger partial charge < -0.3 is 5.32 Å². The zero-order chi connectivity index (χ0) is 21.9. The van der Waals surface area contributed by atoms with E-state index in [1.807, 2.05) is 35.8 Å². The number of carbonyl (C=O) groups excluding carboxylic acids is 1. The summed E-state index contributed by atoms with van der Waals surface area (Å²) in [6.45, 7) is 5.41. The Labute approximate surface area is 192 Å². The zero-order valence-corrected chi connectivity index (χ0v) is 19.1. The number of thiazole rings is 1. The van der Waals surface area contributed by atoms with Crippen LogP contribution in [0.25, 0.3) is 21.3 Å². The molecule has 5 heteroatoms. The highest BCUT2D eigenvalue weighted by atomic mass is 32.1. The number of anilines is 1. The molecule has 1 aliphatic heterocycles. The Kier molecular flexibility index (Phi) is 6.02. The molecule has 1 unspecified atom stereocenters. The molecule has 0 saturated carbocycles. The number of rotatable bonds is 5. The number of nitrogens with zero attached hydrogens (tertiary/aromatic N) is 2. The fourth-order valence-electron chi connectivity index (χ4n) is 4.58. The van der Waals surface area contributed by atoms with Gasteiger partial charge in [-0.05, 0) is 72.3 Å². The molecule has 5 rings (SSSR count). The van der Waals surface area contributed by atoms with Gasteiger partial charge in [0.2, 0.25) is 0 Å². The van der Waals surface area contributed by atoms with Gasteiger partial charge in [0.05, 0.1) is 15.7 Å². The van der Waals surface area contributed by atoms with Crippen LogP contribution in [0.15, 0.2) is 72.2 Å². The maximum Gasteiger partial charge on any atom is 0.255 e. The lowest BCUT2D eigenvalue weighted by molar-refractivity contribution is 0.102. The number of piperidine rings is 1. The summed E-state index contributed by atoms with van der Waals surface area (Å²) in [5, 5.41) is 3.05. The van der Waals surface area contributed by atoms with Crippen molar-refractivity contribution in [1.82, 2.24) is 9.88 Å². The molecule has 2 heterocycles. The van der Waals surface area contributed by atoms with Crippen molar-refractivity contribution >= 4 is 33.1 Å². The number of likely N-dealkylation sites (tertiary alicyclic amines) is 1. The Morgan fingerprint density at radius 2 is 2.00 bits per heavy atom. The third-order valence-electron chi connectivity index (χ3n) is 6.18. The lowest BCUT2D eigenvalue weighted by Crippen LogP contribution is -2.33. The van der Waals surface area contributed by atoms with Crippen molar-refractivity contribution in [2.45, 2.75) is 26.3 Å². The van der Waals surface area contributed by atoms with Gasteiger partial charge in [-0.25, -0.2) is 4.98 Å². The first kappa shape index (κ1) is 20.9. The molecule has 1 fully saturated rings. The molecule has 0 bridgehead atoms. The van der Waals surface area contributed by atoms with Crippen LogP contribution in [-0.4, -0.2) is 28.9 Å². The van der Waals surface area contributed by atoms with Crippen LogP contribution < -0.4 is 5.32 Å². The van der Waals surface area contributed by atoms with Crippen LogP contribution in [-0.2, 0) is 6.54 Å². The van der Waals surface area contributed by atoms with Crippen LogP contribution in [0, 0.1) is 5.92 Å². The molecule has 3 aromatic carbocycles. The van der Waals surface area contributed by atoms with Crippen molar-refractivity contribution in [2.24, 2.45) is 5.92 Å². The Balaban J connectivity index is 1.43. The van der Waals surface area contributed by atoms with Crippen molar-refractivity contribution in [3.8, 4) is 11.1 Å². The predicted molar refractivity (Wildman–Crippen MR) is 133 cm³/mol. The average Bonchev–Trinajstić information content (AvgIpc) is 3.27. The second-order valence-electron chi connectivity index (χ2n) is 8.71. The highest BCUT2D eigenvalue weighted by Crippen LogP contribution is 2.28. The molecule has 32 heavy (non-hydrogen) atoms. The van der Waals surface area contributed by atoms with E-state index in [2.05, 4.69) is 58.5 Å². The quantitative estimate of drug-likeness (QED) is 0.387. The van der Waals surface area contributed by atoms with Gasteiger partial charge in [-0.3, -0.25) is 9.69 Å². The van der Waals surface area contributed by atoms with Crippen molar-refractivity contribution in [3.63, 3.8) is 0 Å². The molecule has 1 amide bonds. The van der Waals surface area contributed by atoms with Crippen LogP contribution >= 0.6 is 11.3 Å². The van der Waals surface area contributed by atoms with Gasteiger partial charge in [-0.15, -0.1) is 11.3 Å². The van der Waals surface area contributed by atoms with E-state index in [4.69, 9.17) is 0 Å². The summed E-state index contributed by atoms with van der Waals surface area (Å²) in [4.78, 5) is 20.0. The van der Waals surface area contributed by atoms with Crippen LogP contribution in [0.4, 0.5) is 5.69 Å². The normalized spacial score (nSPS) is 16.8. The van der Waals surface area contributed by atoms with Gasteiger partial charge in [-0.1, -0.05) is 43.3 Å². The predicted octanol–water partition coefficient (Wildman–Crippen LogP) is 6.45. The van der Waals surface area contributed by atoms with E-state index in [0.29, 0.717) is 5.56 Å². The van der Waals surface area contributed by atoms with Crippen LogP contribution in [0.5, 0.6) is 0 Å². The molecule has 1 aliphatic rings. The monoisotopic (exact) mass is 441 g/mol. The number of hydrogen-bond acceptors (Lipinski definition) is 4. The van der Waals surface area contributed by atoms with Crippen LogP contribution in [0.1, 0.15) is 35.7 Å². The van der Waals surface area contributed by atoms with E-state index < -0.39 is 0 Å². The van der Waals surface area contributed by atoms with Crippen LogP contribution in [0.3, 0.4) is 0 Å². The minimum absolute atomic E-state index is 0.0903. The van der Waals surface area contributed by atoms with E-state index in [9.17, 15) is 4.79 Å². The Hall–Kier alpha value is -3.02. The fraction of sp³-hybridized carbons (Fsp3) is 0.259. The minimum atomic E-state index is -0.0903. The highest BCUT2D eigenvalue weighted by molar-refractivity contribution is 7.16. The molecule has 162 valence electrons. The second-order valence-corrected chi connectivity index (χ2v) is 9.60. The number of nitrogens with one attached hydrogen (secondary N) is 1. The van der Waals surface area contributed by atoms with E-state index in [-0.39, 0.29) is 5.91 Å². The van der Waals surface area contributed by atoms with Gasteiger partial charge >= 0.3 is 0 Å². The maximum absolute atomic E-state index is 13.1. The third-order valence-corrected chi connectivity index (χ3v) is 6.99. The SMILES string of the molecule is CC1CCCN(Cc2cc(C(=O)Nc3ccc4scnc4c3)ccc2-c2ccccc2)C1. The molecule has 1 atom stereocenters. The van der Waals surface area contributed by atoms with Gasteiger partial charge in [0.1, 0.15) is 0 Å². The summed E-state index contributed by atoms with van der Waals surface area (Å²) in [5.74, 6) is 0.628. The third kappa shape index (κ3) is 4.59. The summed E-state index contributed by atoms with van der Waals surface area (Å²) in [7, 11) is 0. The minimum Gasteiger partial charge on any atom is -0.322 e. The zero-order valence-electron chi connectivity index (χ0n) is 18.3. The molecular formula is C27H27N3OS. The molecule has 0 radical (unpaired) electrons. The molecule has 1 N–H and O–H groups in total. The summed E-state index contributed by atoms with van der Waals surface area (Å²) < 4.78 is 1.12. The molecule has 4 aromatic rings. The molecule has 4 nitrogen and oxygen atoms in total. The van der Waals surface area contributed by atoms with E-state index >= 15 is 0 Å². The standard InChI is InChI=1S/C27H27N3OS/c1-19-6-5-13-30(16-19)17-22-14-21(9-11-24(22)20-7-3-2-4-8-20)27(31)29-23-10-12-26-25(15-23)28-18-32-26/h2-4,7-12,14-15,18-19H,5-6,13,16-17H2,1H3,(H,29,31). The first-order valence-corrected chi connectivity index (χ1v) is 12.1. The molecular weight excluding hydrogens is 414 g/mol. The summed E-state index contributed by atoms with van der Waals surface area (Å²) in [5.41, 5.74) is 7.78. The van der Waals surface area contributed by atoms with Gasteiger partial charge in [0.25, 0.3) is 5.91 Å². The number of amides is 1. The largest absolute Gasteiger partial charge is 0.322 e. The smallest absolute Gasteiger partial charge is 0.255 e. The summed E-state index contributed by atoms with van der Waals surface area (Å²) >= 11 is 1.60. The number of benzene rings is 3. The first-order valence-electron chi connectivity index (χ1n) is 11.2. The Bertz CT molecular complexity index is 1230. The van der Waals surface area contributed by atoms with Gasteiger partial charge in [0, 0.05) is 24.3 Å². The fourth-order valence-corrected chi connectivity index (χ4v) is 5.23. The number of hydrogen-bond donors (Lipinski definition) is 1. The lowest BCUT2D eigenvalue weighted by Gasteiger charge is -2.31. The van der Waals surface area contributed by atoms with Gasteiger partial charge in [-0.2, -0.15) is 0 Å². The first-order chi connectivity index (χ1) is 15.7. The van der Waals surface area contributed by atoms with E-state index in [1.165, 1.54) is 29.5 Å². The Morgan fingerprint density at radius 3 is 2.84 bits per heavy atom. The molecule has 0 aliphatic carbocycles. The lowest BCUT2D eigenvalue weighted by atomic mass is 9.95. The highest BCUT2D eigenvalue weighted by Gasteiger charge is 2.19. The molecule has 1 aromatic heterocycles. The molecule has 0 spiro atoms. The second kappa shape index (κ2) is 9.23. The average molecular weight is 442 g/mol. The summed E-state index contributed by atoms with van der Waals surface area (Å²) in [6.07, 6.45) is 2.54. The number of aromatic nitrogens is 1. The van der Waals surface area contributed by atoms with Crippen molar-refractivity contribution in [3.05, 3.63) is 83.4 Å². The topological polar surface area (TPSA) is 45.2 Å². The summed E-state index contributed by atoms with van der Waals surface area (Å²) in [6, 6.07) is 22.4. The number of fused-ring (bicyclic) bond motifs is 1. The molecule has 1 saturated heterocycles.